The van der Waals surface area contributed by atoms with Gasteiger partial charge in [0.1, 0.15) is 17.3 Å². The van der Waals surface area contributed by atoms with Gasteiger partial charge in [0.15, 0.2) is 0 Å². The van der Waals surface area contributed by atoms with Crippen LogP contribution in [0.4, 0.5) is 0 Å². The fourth-order valence-corrected chi connectivity index (χ4v) is 3.19. The van der Waals surface area contributed by atoms with Crippen molar-refractivity contribution in [2.75, 3.05) is 20.8 Å². The van der Waals surface area contributed by atoms with E-state index in [1.165, 1.54) is 11.1 Å². The van der Waals surface area contributed by atoms with Crippen LogP contribution in [0.1, 0.15) is 24.5 Å². The Kier molecular flexibility index (Phi) is 4.28. The summed E-state index contributed by atoms with van der Waals surface area (Å²) in [6.45, 7) is 6.66. The first-order valence-electron chi connectivity index (χ1n) is 7.88. The van der Waals surface area contributed by atoms with Gasteiger partial charge < -0.3 is 14.2 Å². The van der Waals surface area contributed by atoms with Crippen molar-refractivity contribution in [1.29, 1.82) is 0 Å². The normalized spacial score (nSPS) is 13.3. The summed E-state index contributed by atoms with van der Waals surface area (Å²) >= 11 is 0. The van der Waals surface area contributed by atoms with Crippen molar-refractivity contribution in [3.8, 4) is 11.5 Å². The summed E-state index contributed by atoms with van der Waals surface area (Å²) < 4.78 is 16.7. The molecule has 3 nitrogen and oxygen atoms in total. The Hall–Kier alpha value is -2.42. The van der Waals surface area contributed by atoms with E-state index in [9.17, 15) is 0 Å². The molecule has 3 heteroatoms. The maximum atomic E-state index is 5.60. The Balaban J connectivity index is 2.25. The number of hydrogen-bond donors (Lipinski definition) is 0. The molecule has 0 saturated heterocycles. The van der Waals surface area contributed by atoms with Crippen molar-refractivity contribution < 1.29 is 14.2 Å². The zero-order valence-corrected chi connectivity index (χ0v) is 13.9. The average molecular weight is 310 g/mol. The Morgan fingerprint density at radius 2 is 1.78 bits per heavy atom. The molecular formula is C20H22O3. The Labute approximate surface area is 137 Å². The predicted octanol–water partition coefficient (Wildman–Crippen LogP) is 4.74. The molecule has 0 heterocycles. The third-order valence-electron chi connectivity index (χ3n) is 4.33. The summed E-state index contributed by atoms with van der Waals surface area (Å²) in [6.07, 6.45) is 4.11. The molecule has 0 amide bonds. The van der Waals surface area contributed by atoms with E-state index in [1.54, 1.807) is 14.2 Å². The van der Waals surface area contributed by atoms with Crippen LogP contribution in [0.3, 0.4) is 0 Å². The molecule has 0 unspecified atom stereocenters. The number of methoxy groups -OCH3 is 2. The van der Waals surface area contributed by atoms with Gasteiger partial charge in [-0.1, -0.05) is 18.7 Å². The lowest BCUT2D eigenvalue weighted by atomic mass is 9.87. The number of fused-ring (bicyclic) bond motifs is 3. The molecule has 0 atom stereocenters. The van der Waals surface area contributed by atoms with Gasteiger partial charge in [0.05, 0.1) is 20.8 Å². The van der Waals surface area contributed by atoms with Crippen molar-refractivity contribution in [3.05, 3.63) is 53.3 Å². The van der Waals surface area contributed by atoms with Crippen LogP contribution in [0.25, 0.3) is 16.8 Å². The minimum absolute atomic E-state index is 0.635. The lowest BCUT2D eigenvalue weighted by Crippen LogP contribution is -2.04. The van der Waals surface area contributed by atoms with Crippen LogP contribution in [0, 0.1) is 0 Å². The van der Waals surface area contributed by atoms with E-state index in [4.69, 9.17) is 14.2 Å². The van der Waals surface area contributed by atoms with E-state index in [0.717, 1.165) is 46.4 Å². The van der Waals surface area contributed by atoms with Gasteiger partial charge in [-0.05, 0) is 54.7 Å². The van der Waals surface area contributed by atoms with Crippen LogP contribution in [0.2, 0.25) is 0 Å². The molecule has 120 valence electrons. The first-order valence-corrected chi connectivity index (χ1v) is 7.88. The molecule has 23 heavy (non-hydrogen) atoms. The van der Waals surface area contributed by atoms with Crippen molar-refractivity contribution in [2.45, 2.75) is 19.8 Å². The highest BCUT2D eigenvalue weighted by molar-refractivity contribution is 6.01. The maximum absolute atomic E-state index is 5.60. The maximum Gasteiger partial charge on any atom is 0.127 e. The molecule has 0 aromatic heterocycles. The van der Waals surface area contributed by atoms with Gasteiger partial charge in [-0.15, -0.1) is 0 Å². The lowest BCUT2D eigenvalue weighted by molar-refractivity contribution is 0.238. The quantitative estimate of drug-likeness (QED) is 0.747. The largest absolute Gasteiger partial charge is 0.496 e. The molecule has 1 aliphatic rings. The molecule has 2 aromatic carbocycles. The molecule has 2 aromatic rings. The van der Waals surface area contributed by atoms with Crippen molar-refractivity contribution in [2.24, 2.45) is 0 Å². The molecule has 0 N–H and O–H groups in total. The molecule has 0 saturated carbocycles. The van der Waals surface area contributed by atoms with Crippen LogP contribution in [0.15, 0.2) is 42.2 Å². The first kappa shape index (κ1) is 15.5. The van der Waals surface area contributed by atoms with E-state index < -0.39 is 0 Å². The van der Waals surface area contributed by atoms with Crippen molar-refractivity contribution in [3.63, 3.8) is 0 Å². The standard InChI is InChI=1S/C20H22O3/c1-5-23-13(2)15-7-6-14-8-9-16-18(21-3)10-11-19(22-4)20(16)17(14)12-15/h8-12H,2,5-7H2,1,3-4H3. The highest BCUT2D eigenvalue weighted by atomic mass is 16.5. The van der Waals surface area contributed by atoms with E-state index in [0.29, 0.717) is 6.61 Å². The third kappa shape index (κ3) is 2.67. The van der Waals surface area contributed by atoms with Gasteiger partial charge >= 0.3 is 0 Å². The van der Waals surface area contributed by atoms with Gasteiger partial charge in [0.25, 0.3) is 0 Å². The van der Waals surface area contributed by atoms with Crippen molar-refractivity contribution in [1.82, 2.24) is 0 Å². The van der Waals surface area contributed by atoms with Crippen LogP contribution < -0.4 is 9.47 Å². The number of aryl methyl sites for hydroxylation is 1. The second kappa shape index (κ2) is 6.37. The number of hydrogen-bond acceptors (Lipinski definition) is 3. The first-order chi connectivity index (χ1) is 11.2. The summed E-state index contributed by atoms with van der Waals surface area (Å²) in [5.74, 6) is 2.47. The summed E-state index contributed by atoms with van der Waals surface area (Å²) in [7, 11) is 3.39. The molecular weight excluding hydrogens is 288 g/mol. The van der Waals surface area contributed by atoms with E-state index in [1.807, 2.05) is 19.1 Å². The molecule has 1 aliphatic carbocycles. The molecule has 0 fully saturated rings. The highest BCUT2D eigenvalue weighted by Crippen LogP contribution is 2.40. The van der Waals surface area contributed by atoms with E-state index >= 15 is 0 Å². The van der Waals surface area contributed by atoms with Gasteiger partial charge in [-0.2, -0.15) is 0 Å². The number of benzene rings is 2. The second-order valence-electron chi connectivity index (χ2n) is 5.56. The highest BCUT2D eigenvalue weighted by Gasteiger charge is 2.19. The molecule has 3 rings (SSSR count). The smallest absolute Gasteiger partial charge is 0.127 e. The summed E-state index contributed by atoms with van der Waals surface area (Å²) in [5, 5.41) is 2.15. The van der Waals surface area contributed by atoms with Crippen LogP contribution in [0.5, 0.6) is 11.5 Å². The van der Waals surface area contributed by atoms with E-state index in [-0.39, 0.29) is 0 Å². The molecule has 0 aliphatic heterocycles. The SMILES string of the molecule is C=C(OCC)C1=Cc2c(ccc3c(OC)ccc(OC)c23)CC1. The summed E-state index contributed by atoms with van der Waals surface area (Å²) in [6, 6.07) is 8.20. The average Bonchev–Trinajstić information content (AvgIpc) is 2.60. The van der Waals surface area contributed by atoms with Crippen LogP contribution in [-0.4, -0.2) is 20.8 Å². The van der Waals surface area contributed by atoms with Gasteiger partial charge in [-0.3, -0.25) is 0 Å². The van der Waals surface area contributed by atoms with Crippen molar-refractivity contribution >= 4 is 16.8 Å². The summed E-state index contributed by atoms with van der Waals surface area (Å²) in [5.41, 5.74) is 3.65. The monoisotopic (exact) mass is 310 g/mol. The molecule has 0 bridgehead atoms. The summed E-state index contributed by atoms with van der Waals surface area (Å²) in [4.78, 5) is 0. The fourth-order valence-electron chi connectivity index (χ4n) is 3.19. The second-order valence-corrected chi connectivity index (χ2v) is 5.56. The minimum Gasteiger partial charge on any atom is -0.496 e. The van der Waals surface area contributed by atoms with E-state index in [2.05, 4.69) is 24.8 Å². The topological polar surface area (TPSA) is 27.7 Å². The zero-order valence-electron chi connectivity index (χ0n) is 13.9. The number of allylic oxidation sites excluding steroid dienone is 1. The molecule has 0 spiro atoms. The number of ether oxygens (including phenoxy) is 3. The Bertz CT molecular complexity index is 787. The van der Waals surface area contributed by atoms with Gasteiger partial charge in [0, 0.05) is 10.8 Å². The third-order valence-corrected chi connectivity index (χ3v) is 4.33. The minimum atomic E-state index is 0.635. The lowest BCUT2D eigenvalue weighted by Gasteiger charge is -2.21. The Morgan fingerprint density at radius 3 is 2.48 bits per heavy atom. The van der Waals surface area contributed by atoms with Gasteiger partial charge in [0.2, 0.25) is 0 Å². The van der Waals surface area contributed by atoms with Gasteiger partial charge in [-0.25, -0.2) is 0 Å². The van der Waals surface area contributed by atoms with Crippen LogP contribution in [-0.2, 0) is 11.2 Å². The Morgan fingerprint density at radius 1 is 1.04 bits per heavy atom. The fraction of sp³-hybridized carbons (Fsp3) is 0.300. The number of rotatable bonds is 5. The van der Waals surface area contributed by atoms with Crippen LogP contribution >= 0.6 is 0 Å². The molecule has 0 radical (unpaired) electrons. The zero-order chi connectivity index (χ0) is 16.4. The predicted molar refractivity (Wildman–Crippen MR) is 94.1 cm³/mol.